The molecule has 56 valence electrons. The Labute approximate surface area is 64.0 Å². The van der Waals surface area contributed by atoms with Crippen molar-refractivity contribution in [2.24, 2.45) is 0 Å². The van der Waals surface area contributed by atoms with Crippen molar-refractivity contribution in [2.45, 2.75) is 13.8 Å². The summed E-state index contributed by atoms with van der Waals surface area (Å²) in [6.45, 7) is 4.22. The largest absolute Gasteiger partial charge is 0.412 e. The molecule has 0 aromatic heterocycles. The number of hydrogen-bond donors (Lipinski definition) is 0. The van der Waals surface area contributed by atoms with Crippen LogP contribution in [0.15, 0.2) is 18.2 Å². The van der Waals surface area contributed by atoms with Crippen LogP contribution in [-0.4, -0.2) is 5.48 Å². The predicted molar refractivity (Wildman–Crippen MR) is 48.9 cm³/mol. The van der Waals surface area contributed by atoms with Crippen molar-refractivity contribution in [1.82, 2.24) is 0 Å². The zero-order chi connectivity index (χ0) is 6.85. The van der Waals surface area contributed by atoms with Crippen LogP contribution >= 0.6 is 9.24 Å². The van der Waals surface area contributed by atoms with E-state index in [1.54, 1.807) is 0 Å². The van der Waals surface area contributed by atoms with Crippen LogP contribution in [0.3, 0.4) is 0 Å². The van der Waals surface area contributed by atoms with E-state index in [2.05, 4.69) is 41.3 Å². The Morgan fingerprint density at radius 1 is 1.00 bits per heavy atom. The molecule has 0 aliphatic carbocycles. The van der Waals surface area contributed by atoms with Crippen LogP contribution in [0.5, 0.6) is 0 Å². The maximum atomic E-state index is 2.70. The van der Waals surface area contributed by atoms with Gasteiger partial charge in [0.05, 0.1) is 0 Å². The van der Waals surface area contributed by atoms with E-state index in [1.165, 1.54) is 16.4 Å². The Morgan fingerprint density at radius 3 is 1.70 bits per heavy atom. The highest BCUT2D eigenvalue weighted by Gasteiger charge is 1.87. The zero-order valence-electron chi connectivity index (χ0n) is 6.31. The fourth-order valence-corrected chi connectivity index (χ4v) is 1.54. The third-order valence-corrected chi connectivity index (χ3v) is 1.58. The van der Waals surface area contributed by atoms with Gasteiger partial charge in [0.2, 0.25) is 0 Å². The molecule has 0 spiro atoms. The molecule has 0 radical (unpaired) electrons. The van der Waals surface area contributed by atoms with Crippen molar-refractivity contribution in [3.05, 3.63) is 29.3 Å². The molecule has 2 N–H and O–H groups in total. The molecule has 0 aliphatic rings. The molecule has 0 amide bonds. The lowest BCUT2D eigenvalue weighted by Gasteiger charge is -1.96. The molecule has 0 saturated carbocycles. The molecule has 2 heteroatoms. The Bertz CT molecular complexity index is 170. The van der Waals surface area contributed by atoms with Crippen LogP contribution in [0.4, 0.5) is 0 Å². The van der Waals surface area contributed by atoms with Gasteiger partial charge in [0.1, 0.15) is 0 Å². The maximum absolute atomic E-state index is 2.70. The summed E-state index contributed by atoms with van der Waals surface area (Å²) >= 11 is 0. The minimum atomic E-state index is 0. The van der Waals surface area contributed by atoms with Gasteiger partial charge in [0.25, 0.3) is 0 Å². The second kappa shape index (κ2) is 3.70. The van der Waals surface area contributed by atoms with Gasteiger partial charge in [-0.1, -0.05) is 29.3 Å². The molecular weight excluding hydrogens is 143 g/mol. The van der Waals surface area contributed by atoms with Crippen LogP contribution in [-0.2, 0) is 0 Å². The van der Waals surface area contributed by atoms with E-state index in [9.17, 15) is 0 Å². The van der Waals surface area contributed by atoms with E-state index in [0.717, 1.165) is 0 Å². The van der Waals surface area contributed by atoms with Gasteiger partial charge in [0, 0.05) is 0 Å². The second-order valence-electron chi connectivity index (χ2n) is 2.42. The van der Waals surface area contributed by atoms with Crippen LogP contribution < -0.4 is 5.30 Å². The van der Waals surface area contributed by atoms with Crippen molar-refractivity contribution >= 4 is 14.5 Å². The molecule has 1 aromatic rings. The monoisotopic (exact) mass is 156 g/mol. The highest BCUT2D eigenvalue weighted by molar-refractivity contribution is 7.27. The molecule has 0 saturated heterocycles. The Balaban J connectivity index is 0.000000810. The molecule has 1 atom stereocenters. The first-order valence-corrected chi connectivity index (χ1v) is 3.60. The normalized spacial score (nSPS) is 8.70. The van der Waals surface area contributed by atoms with Gasteiger partial charge in [-0.25, -0.2) is 0 Å². The van der Waals surface area contributed by atoms with Crippen molar-refractivity contribution < 1.29 is 5.48 Å². The SMILES string of the molecule is Cc1cc(C)cc(P)c1.O. The first-order valence-electron chi connectivity index (χ1n) is 3.02. The van der Waals surface area contributed by atoms with Crippen LogP contribution in [0.1, 0.15) is 11.1 Å². The Kier molecular flexibility index (Phi) is 3.55. The van der Waals surface area contributed by atoms with Gasteiger partial charge in [-0.05, 0) is 19.2 Å². The van der Waals surface area contributed by atoms with Crippen molar-refractivity contribution in [3.8, 4) is 0 Å². The average Bonchev–Trinajstić information content (AvgIpc) is 1.59. The summed E-state index contributed by atoms with van der Waals surface area (Å²) in [6.07, 6.45) is 0. The zero-order valence-corrected chi connectivity index (χ0v) is 7.46. The number of aryl methyl sites for hydroxylation is 2. The molecule has 1 rings (SSSR count). The van der Waals surface area contributed by atoms with E-state index < -0.39 is 0 Å². The van der Waals surface area contributed by atoms with E-state index in [1.807, 2.05) is 0 Å². The van der Waals surface area contributed by atoms with Crippen LogP contribution in [0.2, 0.25) is 0 Å². The van der Waals surface area contributed by atoms with Gasteiger partial charge in [-0.2, -0.15) is 0 Å². The molecule has 1 aromatic carbocycles. The summed E-state index contributed by atoms with van der Waals surface area (Å²) < 4.78 is 0. The lowest BCUT2D eigenvalue weighted by molar-refractivity contribution is 0.824. The van der Waals surface area contributed by atoms with Gasteiger partial charge < -0.3 is 5.48 Å². The van der Waals surface area contributed by atoms with E-state index in [0.29, 0.717) is 0 Å². The van der Waals surface area contributed by atoms with Gasteiger partial charge in [-0.15, -0.1) is 9.24 Å². The smallest absolute Gasteiger partial charge is 0.0297 e. The van der Waals surface area contributed by atoms with Crippen molar-refractivity contribution in [1.29, 1.82) is 0 Å². The predicted octanol–water partition coefficient (Wildman–Crippen LogP) is 0.979. The molecule has 10 heavy (non-hydrogen) atoms. The fourth-order valence-electron chi connectivity index (χ4n) is 1.01. The average molecular weight is 156 g/mol. The third kappa shape index (κ3) is 2.47. The Hall–Kier alpha value is -0.390. The topological polar surface area (TPSA) is 31.5 Å². The fraction of sp³-hybridized carbons (Fsp3) is 0.250. The van der Waals surface area contributed by atoms with Gasteiger partial charge in [0.15, 0.2) is 0 Å². The summed E-state index contributed by atoms with van der Waals surface area (Å²) in [5.74, 6) is 0. The first kappa shape index (κ1) is 9.61. The summed E-state index contributed by atoms with van der Waals surface area (Å²) in [5, 5.41) is 1.27. The molecular formula is C8H13OP. The summed E-state index contributed by atoms with van der Waals surface area (Å²) in [4.78, 5) is 0. The lowest BCUT2D eigenvalue weighted by atomic mass is 10.2. The summed E-state index contributed by atoms with van der Waals surface area (Å²) in [6, 6.07) is 6.48. The lowest BCUT2D eigenvalue weighted by Crippen LogP contribution is -1.91. The Morgan fingerprint density at radius 2 is 1.40 bits per heavy atom. The second-order valence-corrected chi connectivity index (χ2v) is 3.09. The molecule has 0 aliphatic heterocycles. The number of benzene rings is 1. The summed E-state index contributed by atoms with van der Waals surface area (Å²) in [5.41, 5.74) is 2.67. The molecule has 0 heterocycles. The highest BCUT2D eigenvalue weighted by Crippen LogP contribution is 2.01. The molecule has 0 fully saturated rings. The quantitative estimate of drug-likeness (QED) is 0.501. The van der Waals surface area contributed by atoms with Crippen molar-refractivity contribution in [3.63, 3.8) is 0 Å². The van der Waals surface area contributed by atoms with E-state index in [4.69, 9.17) is 0 Å². The van der Waals surface area contributed by atoms with Crippen LogP contribution in [0, 0.1) is 13.8 Å². The van der Waals surface area contributed by atoms with E-state index in [-0.39, 0.29) is 5.48 Å². The highest BCUT2D eigenvalue weighted by atomic mass is 31.0. The number of rotatable bonds is 0. The summed E-state index contributed by atoms with van der Waals surface area (Å²) in [7, 11) is 2.70. The van der Waals surface area contributed by atoms with Crippen LogP contribution in [0.25, 0.3) is 0 Å². The maximum Gasteiger partial charge on any atom is -0.0297 e. The van der Waals surface area contributed by atoms with Gasteiger partial charge >= 0.3 is 0 Å². The third-order valence-electron chi connectivity index (χ3n) is 1.24. The number of hydrogen-bond acceptors (Lipinski definition) is 0. The van der Waals surface area contributed by atoms with E-state index >= 15 is 0 Å². The van der Waals surface area contributed by atoms with Gasteiger partial charge in [-0.3, -0.25) is 0 Å². The first-order chi connectivity index (χ1) is 4.18. The molecule has 1 nitrogen and oxygen atoms in total. The standard InChI is InChI=1S/C8H11P.H2O/c1-6-3-7(2)5-8(9)4-6;/h3-5H,9H2,1-2H3;1H2. The van der Waals surface area contributed by atoms with Crippen molar-refractivity contribution in [2.75, 3.05) is 0 Å². The molecule has 1 unspecified atom stereocenters. The minimum Gasteiger partial charge on any atom is -0.412 e. The molecule has 0 bridgehead atoms. The minimum absolute atomic E-state index is 0.